The lowest BCUT2D eigenvalue weighted by Crippen LogP contribution is -2.42. The van der Waals surface area contributed by atoms with E-state index in [2.05, 4.69) is 20.7 Å². The first-order valence-electron chi connectivity index (χ1n) is 6.15. The lowest BCUT2D eigenvalue weighted by atomic mass is 10.1. The SMILES string of the molecule is CN1CCCC(S(=O)(=O)Nc2ccc(F)c(Br)c2F)C1. The number of halogens is 3. The Morgan fingerprint density at radius 2 is 2.10 bits per heavy atom. The standard InChI is InChI=1S/C12H15BrF2N2O2S/c1-17-6-2-3-8(7-17)20(18,19)16-10-5-4-9(14)11(13)12(10)15/h4-5,8,16H,2-3,6-7H2,1H3. The van der Waals surface area contributed by atoms with Crippen molar-refractivity contribution in [3.05, 3.63) is 28.2 Å². The predicted molar refractivity (Wildman–Crippen MR) is 77.1 cm³/mol. The zero-order chi connectivity index (χ0) is 14.9. The Hall–Kier alpha value is -0.730. The minimum atomic E-state index is -3.70. The van der Waals surface area contributed by atoms with Crippen LogP contribution < -0.4 is 4.72 Å². The molecule has 0 aromatic heterocycles. The van der Waals surface area contributed by atoms with E-state index in [-0.39, 0.29) is 10.2 Å². The summed E-state index contributed by atoms with van der Waals surface area (Å²) in [4.78, 5) is 1.92. The summed E-state index contributed by atoms with van der Waals surface area (Å²) in [6.07, 6.45) is 1.31. The average molecular weight is 369 g/mol. The summed E-state index contributed by atoms with van der Waals surface area (Å²) in [5.41, 5.74) is -0.244. The molecule has 0 spiro atoms. The summed E-state index contributed by atoms with van der Waals surface area (Å²) in [5, 5.41) is -0.593. The van der Waals surface area contributed by atoms with Crippen LogP contribution in [0.5, 0.6) is 0 Å². The van der Waals surface area contributed by atoms with Gasteiger partial charge in [0.25, 0.3) is 0 Å². The van der Waals surface area contributed by atoms with Crippen LogP contribution in [-0.2, 0) is 10.0 Å². The van der Waals surface area contributed by atoms with E-state index in [9.17, 15) is 17.2 Å². The van der Waals surface area contributed by atoms with Crippen molar-refractivity contribution in [1.29, 1.82) is 0 Å². The van der Waals surface area contributed by atoms with E-state index in [1.54, 1.807) is 0 Å². The zero-order valence-electron chi connectivity index (χ0n) is 10.9. The third kappa shape index (κ3) is 3.29. The number of rotatable bonds is 3. The molecule has 1 aliphatic rings. The number of anilines is 1. The summed E-state index contributed by atoms with van der Waals surface area (Å²) in [5.74, 6) is -1.72. The maximum atomic E-state index is 13.8. The van der Waals surface area contributed by atoms with Gasteiger partial charge in [-0.05, 0) is 54.5 Å². The van der Waals surface area contributed by atoms with E-state index >= 15 is 0 Å². The fraction of sp³-hybridized carbons (Fsp3) is 0.500. The van der Waals surface area contributed by atoms with Crippen molar-refractivity contribution < 1.29 is 17.2 Å². The molecular formula is C12H15BrF2N2O2S. The number of piperidine rings is 1. The van der Waals surface area contributed by atoms with E-state index in [1.165, 1.54) is 0 Å². The van der Waals surface area contributed by atoms with Crippen LogP contribution in [0.4, 0.5) is 14.5 Å². The Balaban J connectivity index is 2.22. The van der Waals surface area contributed by atoms with Crippen molar-refractivity contribution in [3.63, 3.8) is 0 Å². The van der Waals surface area contributed by atoms with Crippen molar-refractivity contribution in [2.45, 2.75) is 18.1 Å². The Labute approximate surface area is 125 Å². The molecule has 1 aromatic carbocycles. The van der Waals surface area contributed by atoms with Crippen molar-refractivity contribution in [3.8, 4) is 0 Å². The Morgan fingerprint density at radius 3 is 2.75 bits per heavy atom. The topological polar surface area (TPSA) is 49.4 Å². The molecule has 8 heteroatoms. The molecule has 20 heavy (non-hydrogen) atoms. The molecular weight excluding hydrogens is 354 g/mol. The molecule has 4 nitrogen and oxygen atoms in total. The highest BCUT2D eigenvalue weighted by atomic mass is 79.9. The van der Waals surface area contributed by atoms with Gasteiger partial charge in [0.1, 0.15) is 5.82 Å². The minimum absolute atomic E-state index is 0.244. The minimum Gasteiger partial charge on any atom is -0.305 e. The maximum Gasteiger partial charge on any atom is 0.236 e. The van der Waals surface area contributed by atoms with Crippen molar-refractivity contribution in [1.82, 2.24) is 4.90 Å². The van der Waals surface area contributed by atoms with E-state index in [0.717, 1.165) is 25.1 Å². The van der Waals surface area contributed by atoms with Gasteiger partial charge in [0.05, 0.1) is 15.4 Å². The largest absolute Gasteiger partial charge is 0.305 e. The normalized spacial score (nSPS) is 20.9. The van der Waals surface area contributed by atoms with Crippen LogP contribution in [0.2, 0.25) is 0 Å². The van der Waals surface area contributed by atoms with Gasteiger partial charge in [-0.15, -0.1) is 0 Å². The Kier molecular flexibility index (Phi) is 4.66. The van der Waals surface area contributed by atoms with Crippen molar-refractivity contribution in [2.24, 2.45) is 0 Å². The van der Waals surface area contributed by atoms with Gasteiger partial charge < -0.3 is 4.90 Å². The molecule has 1 saturated heterocycles. The first-order valence-corrected chi connectivity index (χ1v) is 8.49. The molecule has 0 radical (unpaired) electrons. The second-order valence-corrected chi connectivity index (χ2v) is 7.65. The summed E-state index contributed by atoms with van der Waals surface area (Å²) < 4.78 is 53.3. The number of hydrogen-bond acceptors (Lipinski definition) is 3. The summed E-state index contributed by atoms with van der Waals surface area (Å²) in [7, 11) is -1.85. The molecule has 1 fully saturated rings. The monoisotopic (exact) mass is 368 g/mol. The molecule has 0 bridgehead atoms. The van der Waals surface area contributed by atoms with Crippen molar-refractivity contribution >= 4 is 31.6 Å². The average Bonchev–Trinajstić information content (AvgIpc) is 2.39. The number of sulfonamides is 1. The second-order valence-electron chi connectivity index (χ2n) is 4.90. The van der Waals surface area contributed by atoms with Gasteiger partial charge >= 0.3 is 0 Å². The van der Waals surface area contributed by atoms with E-state index < -0.39 is 26.9 Å². The molecule has 1 aromatic rings. The van der Waals surface area contributed by atoms with E-state index in [4.69, 9.17) is 0 Å². The molecule has 0 aliphatic carbocycles. The predicted octanol–water partition coefficient (Wildman–Crippen LogP) is 2.56. The molecule has 0 saturated carbocycles. The van der Waals surface area contributed by atoms with Crippen LogP contribution in [0, 0.1) is 11.6 Å². The number of nitrogens with one attached hydrogen (secondary N) is 1. The Bertz CT molecular complexity index is 610. The lowest BCUT2D eigenvalue weighted by Gasteiger charge is -2.29. The Morgan fingerprint density at radius 1 is 1.40 bits per heavy atom. The quantitative estimate of drug-likeness (QED) is 0.834. The first kappa shape index (κ1) is 15.7. The second kappa shape index (κ2) is 5.95. The molecule has 1 aliphatic heterocycles. The first-order chi connectivity index (χ1) is 9.31. The molecule has 1 unspecified atom stereocenters. The number of likely N-dealkylation sites (tertiary alicyclic amines) is 1. The smallest absolute Gasteiger partial charge is 0.236 e. The molecule has 112 valence electrons. The molecule has 1 N–H and O–H groups in total. The summed E-state index contributed by atoms with van der Waals surface area (Å²) in [6.45, 7) is 1.25. The number of benzene rings is 1. The van der Waals surface area contributed by atoms with Gasteiger partial charge in [0, 0.05) is 6.54 Å². The van der Waals surface area contributed by atoms with Crippen LogP contribution in [0.1, 0.15) is 12.8 Å². The van der Waals surface area contributed by atoms with Crippen LogP contribution in [0.3, 0.4) is 0 Å². The van der Waals surface area contributed by atoms with Gasteiger partial charge in [0.15, 0.2) is 5.82 Å². The van der Waals surface area contributed by atoms with Gasteiger partial charge in [-0.3, -0.25) is 4.72 Å². The third-order valence-corrected chi connectivity index (χ3v) is 5.80. The fourth-order valence-corrected chi connectivity index (χ4v) is 4.12. The molecule has 2 rings (SSSR count). The van der Waals surface area contributed by atoms with Crippen LogP contribution in [-0.4, -0.2) is 38.7 Å². The van der Waals surface area contributed by atoms with Gasteiger partial charge in [-0.25, -0.2) is 17.2 Å². The zero-order valence-corrected chi connectivity index (χ0v) is 13.3. The molecule has 0 amide bonds. The fourth-order valence-electron chi connectivity index (χ4n) is 2.21. The highest BCUT2D eigenvalue weighted by Gasteiger charge is 2.30. The summed E-state index contributed by atoms with van der Waals surface area (Å²) in [6, 6.07) is 2.09. The van der Waals surface area contributed by atoms with Gasteiger partial charge in [-0.1, -0.05) is 0 Å². The highest BCUT2D eigenvalue weighted by molar-refractivity contribution is 9.10. The highest BCUT2D eigenvalue weighted by Crippen LogP contribution is 2.28. The lowest BCUT2D eigenvalue weighted by molar-refractivity contribution is 0.278. The van der Waals surface area contributed by atoms with E-state index in [0.29, 0.717) is 13.0 Å². The molecule has 1 heterocycles. The van der Waals surface area contributed by atoms with Gasteiger partial charge in [0.2, 0.25) is 10.0 Å². The van der Waals surface area contributed by atoms with Crippen LogP contribution in [0.15, 0.2) is 16.6 Å². The van der Waals surface area contributed by atoms with Crippen molar-refractivity contribution in [2.75, 3.05) is 24.9 Å². The maximum absolute atomic E-state index is 13.8. The molecule has 1 atom stereocenters. The third-order valence-electron chi connectivity index (χ3n) is 3.31. The van der Waals surface area contributed by atoms with Crippen LogP contribution >= 0.6 is 15.9 Å². The number of nitrogens with zero attached hydrogens (tertiary/aromatic N) is 1. The van der Waals surface area contributed by atoms with Gasteiger partial charge in [-0.2, -0.15) is 0 Å². The summed E-state index contributed by atoms with van der Waals surface area (Å²) >= 11 is 2.75. The number of hydrogen-bond donors (Lipinski definition) is 1. The van der Waals surface area contributed by atoms with E-state index in [1.807, 2.05) is 11.9 Å². The van der Waals surface area contributed by atoms with Crippen LogP contribution in [0.25, 0.3) is 0 Å².